The summed E-state index contributed by atoms with van der Waals surface area (Å²) in [4.78, 5) is 2.28. The molecule has 0 aliphatic rings. The molecule has 0 amide bonds. The van der Waals surface area contributed by atoms with Crippen molar-refractivity contribution in [2.24, 2.45) is 0 Å². The third-order valence-electron chi connectivity index (χ3n) is 2.94. The molecule has 1 atom stereocenters. The lowest BCUT2D eigenvalue weighted by molar-refractivity contribution is 0.113. The first kappa shape index (κ1) is 14.7. The van der Waals surface area contributed by atoms with Gasteiger partial charge in [0.15, 0.2) is 0 Å². The fourth-order valence-electron chi connectivity index (χ4n) is 2.06. The van der Waals surface area contributed by atoms with Gasteiger partial charge in [0.2, 0.25) is 0 Å². The Morgan fingerprint density at radius 3 is 2.17 bits per heavy atom. The van der Waals surface area contributed by atoms with Crippen molar-refractivity contribution in [1.82, 2.24) is 4.90 Å². The second kappa shape index (κ2) is 7.86. The number of hydrogen-bond acceptors (Lipinski definition) is 3. The standard InChI is InChI=1S/C15H22N2O/c1-3-9-17(10-4-2)12-15(18)14-7-5-13(11-16)6-8-14/h5-8,15,18H,3-4,9-10,12H2,1-2H3. The number of aliphatic hydroxyl groups is 1. The summed E-state index contributed by atoms with van der Waals surface area (Å²) in [5.74, 6) is 0. The van der Waals surface area contributed by atoms with Gasteiger partial charge in [-0.1, -0.05) is 26.0 Å². The van der Waals surface area contributed by atoms with Crippen LogP contribution < -0.4 is 0 Å². The topological polar surface area (TPSA) is 47.3 Å². The lowest BCUT2D eigenvalue weighted by Gasteiger charge is -2.24. The summed E-state index contributed by atoms with van der Waals surface area (Å²) in [6, 6.07) is 9.25. The summed E-state index contributed by atoms with van der Waals surface area (Å²) < 4.78 is 0. The van der Waals surface area contributed by atoms with Gasteiger partial charge in [-0.3, -0.25) is 0 Å². The van der Waals surface area contributed by atoms with Gasteiger partial charge in [0.05, 0.1) is 17.7 Å². The smallest absolute Gasteiger partial charge is 0.0991 e. The maximum atomic E-state index is 10.2. The number of benzene rings is 1. The molecule has 1 aromatic rings. The highest BCUT2D eigenvalue weighted by Crippen LogP contribution is 2.15. The van der Waals surface area contributed by atoms with Crippen LogP contribution in [0.15, 0.2) is 24.3 Å². The number of hydrogen-bond donors (Lipinski definition) is 1. The minimum absolute atomic E-state index is 0.476. The Kier molecular flexibility index (Phi) is 6.42. The average Bonchev–Trinajstić information content (AvgIpc) is 2.39. The Morgan fingerprint density at radius 1 is 1.17 bits per heavy atom. The average molecular weight is 246 g/mol. The Labute approximate surface area is 110 Å². The number of nitrogens with zero attached hydrogens (tertiary/aromatic N) is 2. The van der Waals surface area contributed by atoms with Crippen molar-refractivity contribution in [2.45, 2.75) is 32.8 Å². The first-order chi connectivity index (χ1) is 8.71. The molecule has 0 aromatic heterocycles. The second-order valence-electron chi connectivity index (χ2n) is 4.55. The number of rotatable bonds is 7. The summed E-state index contributed by atoms with van der Waals surface area (Å²) in [6.07, 6.45) is 1.72. The first-order valence-electron chi connectivity index (χ1n) is 6.61. The van der Waals surface area contributed by atoms with Gasteiger partial charge < -0.3 is 10.0 Å². The van der Waals surface area contributed by atoms with Crippen molar-refractivity contribution in [2.75, 3.05) is 19.6 Å². The van der Waals surface area contributed by atoms with Crippen LogP contribution in [0.3, 0.4) is 0 Å². The SMILES string of the molecule is CCCN(CCC)CC(O)c1ccc(C#N)cc1. The van der Waals surface area contributed by atoms with Crippen LogP contribution in [0.2, 0.25) is 0 Å². The van der Waals surface area contributed by atoms with E-state index in [1.165, 1.54) is 0 Å². The normalized spacial score (nSPS) is 12.4. The highest BCUT2D eigenvalue weighted by molar-refractivity contribution is 5.32. The van der Waals surface area contributed by atoms with Gasteiger partial charge in [-0.15, -0.1) is 0 Å². The molecule has 0 aliphatic heterocycles. The van der Waals surface area contributed by atoms with Gasteiger partial charge in [-0.2, -0.15) is 5.26 Å². The summed E-state index contributed by atoms with van der Waals surface area (Å²) in [5.41, 5.74) is 1.51. The predicted octanol–water partition coefficient (Wildman–Crippen LogP) is 2.71. The first-order valence-corrected chi connectivity index (χ1v) is 6.61. The Balaban J connectivity index is 2.61. The zero-order chi connectivity index (χ0) is 13.4. The van der Waals surface area contributed by atoms with E-state index in [4.69, 9.17) is 5.26 Å². The van der Waals surface area contributed by atoms with Crippen LogP contribution in [0.5, 0.6) is 0 Å². The maximum absolute atomic E-state index is 10.2. The quantitative estimate of drug-likeness (QED) is 0.804. The molecule has 1 rings (SSSR count). The molecule has 0 saturated carbocycles. The van der Waals surface area contributed by atoms with Gasteiger partial charge >= 0.3 is 0 Å². The molecule has 0 aliphatic carbocycles. The molecule has 0 spiro atoms. The fourth-order valence-corrected chi connectivity index (χ4v) is 2.06. The molecule has 98 valence electrons. The molecule has 0 heterocycles. The molecule has 3 nitrogen and oxygen atoms in total. The monoisotopic (exact) mass is 246 g/mol. The molecule has 3 heteroatoms. The Morgan fingerprint density at radius 2 is 1.72 bits per heavy atom. The second-order valence-corrected chi connectivity index (χ2v) is 4.55. The van der Waals surface area contributed by atoms with Crippen LogP contribution in [0.1, 0.15) is 43.9 Å². The largest absolute Gasteiger partial charge is 0.387 e. The van der Waals surface area contributed by atoms with Crippen LogP contribution in [0, 0.1) is 11.3 Å². The molecule has 0 bridgehead atoms. The fraction of sp³-hybridized carbons (Fsp3) is 0.533. The van der Waals surface area contributed by atoms with Crippen LogP contribution in [-0.2, 0) is 0 Å². The predicted molar refractivity (Wildman–Crippen MR) is 73.1 cm³/mol. The third kappa shape index (κ3) is 4.48. The van der Waals surface area contributed by atoms with E-state index in [0.29, 0.717) is 12.1 Å². The lowest BCUT2D eigenvalue weighted by atomic mass is 10.1. The highest BCUT2D eigenvalue weighted by Gasteiger charge is 2.12. The van der Waals surface area contributed by atoms with E-state index in [1.54, 1.807) is 12.1 Å². The Bertz CT molecular complexity index is 374. The molecule has 0 saturated heterocycles. The molecular weight excluding hydrogens is 224 g/mol. The maximum Gasteiger partial charge on any atom is 0.0991 e. The molecule has 0 fully saturated rings. The zero-order valence-electron chi connectivity index (χ0n) is 11.3. The van der Waals surface area contributed by atoms with Gasteiger partial charge in [-0.25, -0.2) is 0 Å². The van der Waals surface area contributed by atoms with Crippen molar-refractivity contribution in [1.29, 1.82) is 5.26 Å². The van der Waals surface area contributed by atoms with Gasteiger partial charge in [-0.05, 0) is 43.6 Å². The van der Waals surface area contributed by atoms with Crippen molar-refractivity contribution in [3.05, 3.63) is 35.4 Å². The van der Waals surface area contributed by atoms with E-state index in [9.17, 15) is 5.11 Å². The zero-order valence-corrected chi connectivity index (χ0v) is 11.3. The van der Waals surface area contributed by atoms with Gasteiger partial charge in [0, 0.05) is 6.54 Å². The van der Waals surface area contributed by atoms with Crippen LogP contribution in [0.4, 0.5) is 0 Å². The van der Waals surface area contributed by atoms with Crippen molar-refractivity contribution in [3.63, 3.8) is 0 Å². The van der Waals surface area contributed by atoms with Crippen LogP contribution in [0.25, 0.3) is 0 Å². The minimum Gasteiger partial charge on any atom is -0.387 e. The van der Waals surface area contributed by atoms with E-state index in [2.05, 4.69) is 24.8 Å². The summed E-state index contributed by atoms with van der Waals surface area (Å²) in [7, 11) is 0. The lowest BCUT2D eigenvalue weighted by Crippen LogP contribution is -2.30. The van der Waals surface area contributed by atoms with Crippen LogP contribution in [-0.4, -0.2) is 29.6 Å². The van der Waals surface area contributed by atoms with Crippen LogP contribution >= 0.6 is 0 Å². The van der Waals surface area contributed by atoms with Crippen molar-refractivity contribution in [3.8, 4) is 6.07 Å². The molecular formula is C15H22N2O. The molecule has 0 radical (unpaired) electrons. The molecule has 1 unspecified atom stereocenters. The molecule has 1 N–H and O–H groups in total. The van der Waals surface area contributed by atoms with E-state index >= 15 is 0 Å². The number of aliphatic hydroxyl groups excluding tert-OH is 1. The molecule has 1 aromatic carbocycles. The Hall–Kier alpha value is -1.37. The van der Waals surface area contributed by atoms with Gasteiger partial charge in [0.1, 0.15) is 0 Å². The van der Waals surface area contributed by atoms with E-state index in [0.717, 1.165) is 31.5 Å². The summed E-state index contributed by atoms with van der Waals surface area (Å²) in [6.45, 7) is 6.99. The highest BCUT2D eigenvalue weighted by atomic mass is 16.3. The summed E-state index contributed by atoms with van der Waals surface area (Å²) in [5, 5.41) is 18.9. The van der Waals surface area contributed by atoms with E-state index in [1.807, 2.05) is 12.1 Å². The van der Waals surface area contributed by atoms with E-state index in [-0.39, 0.29) is 0 Å². The van der Waals surface area contributed by atoms with Crippen molar-refractivity contribution >= 4 is 0 Å². The molecule has 18 heavy (non-hydrogen) atoms. The minimum atomic E-state index is -0.476. The van der Waals surface area contributed by atoms with E-state index < -0.39 is 6.10 Å². The summed E-state index contributed by atoms with van der Waals surface area (Å²) >= 11 is 0. The number of nitriles is 1. The van der Waals surface area contributed by atoms with Gasteiger partial charge in [0.25, 0.3) is 0 Å². The third-order valence-corrected chi connectivity index (χ3v) is 2.94. The van der Waals surface area contributed by atoms with Crippen molar-refractivity contribution < 1.29 is 5.11 Å².